The number of methoxy groups -OCH3 is 2. The highest BCUT2D eigenvalue weighted by Gasteiger charge is 2.63. The normalized spacial score (nSPS) is 34.7. The second-order valence-corrected chi connectivity index (χ2v) is 15.1. The molecule has 1 saturated carbocycles. The van der Waals surface area contributed by atoms with Crippen molar-refractivity contribution in [1.29, 1.82) is 0 Å². The van der Waals surface area contributed by atoms with Crippen molar-refractivity contribution >= 4 is 0 Å². The minimum Gasteiger partial charge on any atom is -0.497 e. The topological polar surface area (TPSA) is 52.2 Å². The molecule has 4 heterocycles. The first-order valence-electron chi connectivity index (χ1n) is 17.5. The van der Waals surface area contributed by atoms with E-state index in [1.165, 1.54) is 64.9 Å². The van der Waals surface area contributed by atoms with E-state index in [0.717, 1.165) is 61.2 Å². The van der Waals surface area contributed by atoms with Gasteiger partial charge >= 0.3 is 0 Å². The molecule has 6 nitrogen and oxygen atoms in total. The van der Waals surface area contributed by atoms with Gasteiger partial charge in [0, 0.05) is 36.3 Å². The molecule has 5 aliphatic carbocycles. The third-order valence-corrected chi connectivity index (χ3v) is 12.9. The lowest BCUT2D eigenvalue weighted by atomic mass is 9.57. The zero-order valence-corrected chi connectivity index (χ0v) is 27.4. The number of hydrogen-bond acceptors (Lipinski definition) is 6. The quantitative estimate of drug-likeness (QED) is 0.463. The maximum absolute atomic E-state index is 6.59. The van der Waals surface area contributed by atoms with Gasteiger partial charge in [-0.2, -0.15) is 0 Å². The highest BCUT2D eigenvalue weighted by Crippen LogP contribution is 2.62. The van der Waals surface area contributed by atoms with E-state index in [0.29, 0.717) is 12.1 Å². The molecule has 46 heavy (non-hydrogen) atoms. The number of ether oxygens (including phenoxy) is 4. The molecule has 0 amide bonds. The molecule has 2 aromatic carbocycles. The van der Waals surface area contributed by atoms with Crippen LogP contribution in [0.3, 0.4) is 0 Å². The van der Waals surface area contributed by atoms with Crippen LogP contribution in [-0.4, -0.2) is 63.0 Å². The third-order valence-electron chi connectivity index (χ3n) is 12.9. The Balaban J connectivity index is 0.000000121. The van der Waals surface area contributed by atoms with Crippen LogP contribution in [0.2, 0.25) is 0 Å². The highest BCUT2D eigenvalue weighted by atomic mass is 16.5. The predicted octanol–water partition coefficient (Wildman–Crippen LogP) is 5.89. The van der Waals surface area contributed by atoms with Crippen LogP contribution in [-0.2, 0) is 33.1 Å². The second-order valence-electron chi connectivity index (χ2n) is 15.1. The molecule has 6 atom stereocenters. The van der Waals surface area contributed by atoms with Gasteiger partial charge in [-0.05, 0) is 110 Å². The van der Waals surface area contributed by atoms with Crippen LogP contribution in [0.25, 0.3) is 0 Å². The summed E-state index contributed by atoms with van der Waals surface area (Å²) in [5.74, 6) is 5.12. The highest BCUT2D eigenvalue weighted by molar-refractivity contribution is 5.67. The molecule has 0 aromatic heterocycles. The molecule has 1 N–H and O–H groups in total. The number of benzene rings is 2. The van der Waals surface area contributed by atoms with Gasteiger partial charge in [0.2, 0.25) is 0 Å². The Hall–Kier alpha value is -3.48. The molecular formula is C40H44N2O4. The van der Waals surface area contributed by atoms with Crippen LogP contribution in [0.1, 0.15) is 59.1 Å². The van der Waals surface area contributed by atoms with Crippen molar-refractivity contribution in [3.05, 3.63) is 105 Å². The van der Waals surface area contributed by atoms with Crippen molar-refractivity contribution < 1.29 is 18.9 Å². The first kappa shape index (κ1) is 27.6. The van der Waals surface area contributed by atoms with Crippen molar-refractivity contribution in [3.63, 3.8) is 0 Å². The first-order chi connectivity index (χ1) is 22.5. The fourth-order valence-corrected chi connectivity index (χ4v) is 10.7. The molecule has 2 aromatic rings. The summed E-state index contributed by atoms with van der Waals surface area (Å²) in [6, 6.07) is 10.1. The van der Waals surface area contributed by atoms with Crippen molar-refractivity contribution in [2.45, 2.75) is 87.5 Å². The SMILES string of the molecule is COC1=CC=C2[C@H]3Cc4ccc(C)c5c4[C@@]2(CCN3)[C@H]1O5.COC1=CC=C2[C@H]3Cc4ccc(C)c5c4[C@@]2(CCN3CC2CC2)[C@H]1O5. The maximum atomic E-state index is 6.59. The Morgan fingerprint density at radius 3 is 2.02 bits per heavy atom. The molecule has 238 valence electrons. The summed E-state index contributed by atoms with van der Waals surface area (Å²) in [5.41, 5.74) is 11.5. The van der Waals surface area contributed by atoms with Gasteiger partial charge in [0.05, 0.1) is 25.0 Å². The zero-order chi connectivity index (χ0) is 30.9. The molecule has 9 aliphatic rings. The van der Waals surface area contributed by atoms with Gasteiger partial charge < -0.3 is 24.3 Å². The average Bonchev–Trinajstić information content (AvgIpc) is 3.72. The van der Waals surface area contributed by atoms with Gasteiger partial charge in [-0.25, -0.2) is 0 Å². The molecule has 2 spiro atoms. The lowest BCUT2D eigenvalue weighted by Crippen LogP contribution is -2.59. The largest absolute Gasteiger partial charge is 0.497 e. The molecule has 2 saturated heterocycles. The maximum Gasteiger partial charge on any atom is 0.169 e. The summed E-state index contributed by atoms with van der Waals surface area (Å²) in [6.45, 7) is 7.83. The fourth-order valence-electron chi connectivity index (χ4n) is 10.7. The zero-order valence-electron chi connectivity index (χ0n) is 27.4. The fraction of sp³-hybridized carbons (Fsp3) is 0.500. The molecule has 0 radical (unpaired) electrons. The van der Waals surface area contributed by atoms with Crippen LogP contribution in [0.15, 0.2) is 71.2 Å². The Labute approximate surface area is 272 Å². The summed E-state index contributed by atoms with van der Waals surface area (Å²) in [6.07, 6.45) is 16.2. The van der Waals surface area contributed by atoms with E-state index in [2.05, 4.69) is 72.6 Å². The number of rotatable bonds is 4. The van der Waals surface area contributed by atoms with E-state index in [1.807, 2.05) is 0 Å². The van der Waals surface area contributed by atoms with E-state index >= 15 is 0 Å². The number of nitrogens with one attached hydrogen (secondary N) is 1. The molecule has 3 fully saturated rings. The first-order valence-corrected chi connectivity index (χ1v) is 17.5. The van der Waals surface area contributed by atoms with Crippen LogP contribution in [0.4, 0.5) is 0 Å². The van der Waals surface area contributed by atoms with Crippen molar-refractivity contribution in [3.8, 4) is 11.5 Å². The van der Waals surface area contributed by atoms with E-state index in [1.54, 1.807) is 19.8 Å². The van der Waals surface area contributed by atoms with Crippen LogP contribution in [0, 0.1) is 19.8 Å². The van der Waals surface area contributed by atoms with Gasteiger partial charge in [-0.15, -0.1) is 0 Å². The smallest absolute Gasteiger partial charge is 0.169 e. The molecule has 11 rings (SSSR count). The molecule has 6 heteroatoms. The summed E-state index contributed by atoms with van der Waals surface area (Å²) in [7, 11) is 3.53. The van der Waals surface area contributed by atoms with Crippen molar-refractivity contribution in [2.24, 2.45) is 5.92 Å². The number of allylic oxidation sites excluding steroid dienone is 4. The van der Waals surface area contributed by atoms with Crippen LogP contribution < -0.4 is 14.8 Å². The lowest BCUT2D eigenvalue weighted by Gasteiger charge is -2.53. The Kier molecular flexibility index (Phi) is 5.73. The van der Waals surface area contributed by atoms with E-state index in [9.17, 15) is 0 Å². The number of nitrogens with zero attached hydrogens (tertiary/aromatic N) is 1. The van der Waals surface area contributed by atoms with E-state index in [-0.39, 0.29) is 23.0 Å². The van der Waals surface area contributed by atoms with Gasteiger partial charge in [0.15, 0.2) is 12.2 Å². The van der Waals surface area contributed by atoms with Gasteiger partial charge in [-0.3, -0.25) is 4.90 Å². The Morgan fingerprint density at radius 1 is 0.783 bits per heavy atom. The average molecular weight is 617 g/mol. The summed E-state index contributed by atoms with van der Waals surface area (Å²) < 4.78 is 24.4. The monoisotopic (exact) mass is 616 g/mol. The molecule has 4 aliphatic heterocycles. The summed E-state index contributed by atoms with van der Waals surface area (Å²) >= 11 is 0. The number of hydrogen-bond donors (Lipinski definition) is 1. The van der Waals surface area contributed by atoms with Crippen LogP contribution in [0.5, 0.6) is 11.5 Å². The molecule has 0 unspecified atom stereocenters. The van der Waals surface area contributed by atoms with Crippen molar-refractivity contribution in [1.82, 2.24) is 10.2 Å². The van der Waals surface area contributed by atoms with Crippen molar-refractivity contribution in [2.75, 3.05) is 33.9 Å². The molecule has 4 bridgehead atoms. The van der Waals surface area contributed by atoms with Crippen LogP contribution >= 0.6 is 0 Å². The van der Waals surface area contributed by atoms with Gasteiger partial charge in [-0.1, -0.05) is 36.4 Å². The predicted molar refractivity (Wildman–Crippen MR) is 177 cm³/mol. The number of piperidine rings is 2. The third kappa shape index (κ3) is 3.40. The lowest BCUT2D eigenvalue weighted by molar-refractivity contribution is 0.0629. The second kappa shape index (κ2) is 9.54. The van der Waals surface area contributed by atoms with Gasteiger partial charge in [0.25, 0.3) is 0 Å². The number of aryl methyl sites for hydroxylation is 2. The molecular weight excluding hydrogens is 572 g/mol. The summed E-state index contributed by atoms with van der Waals surface area (Å²) in [4.78, 5) is 2.76. The Bertz CT molecular complexity index is 1820. The summed E-state index contributed by atoms with van der Waals surface area (Å²) in [5, 5.41) is 3.68. The number of likely N-dealkylation sites (tertiary alicyclic amines) is 1. The standard InChI is InChI=1S/C22H25NO2.C18H19NO2/c1-13-3-6-15-11-17-16-7-8-18(24-2)21-22(16,19(15)20(13)25-21)9-10-23(17)12-14-4-5-14;1-10-3-4-11-9-13-12-5-6-14(20-2)17-18(12,7-8-19-13)15(11)16(10)21-17/h3,6-8,14,17,21H,4-5,9-12H2,1-2H3;3-6,13,17,19H,7-9H2,1-2H3/t17-,21+,22+;13-,17+,18+/m11/s1. The van der Waals surface area contributed by atoms with E-state index < -0.39 is 0 Å². The van der Waals surface area contributed by atoms with E-state index in [4.69, 9.17) is 18.9 Å². The minimum absolute atomic E-state index is 0.00491. The minimum atomic E-state index is 0.00491. The van der Waals surface area contributed by atoms with Gasteiger partial charge in [0.1, 0.15) is 23.0 Å². The Morgan fingerprint density at radius 2 is 1.39 bits per heavy atom.